The molecular formula is C38H33NO4S. The van der Waals surface area contributed by atoms with Crippen LogP contribution in [0.1, 0.15) is 39.3 Å². The number of ether oxygens (including phenoxy) is 1. The van der Waals surface area contributed by atoms with Crippen LogP contribution in [0.5, 0.6) is 0 Å². The first-order valence-corrected chi connectivity index (χ1v) is 15.6. The van der Waals surface area contributed by atoms with Crippen molar-refractivity contribution in [3.05, 3.63) is 167 Å². The summed E-state index contributed by atoms with van der Waals surface area (Å²) in [6.07, 6.45) is -0.750. The Balaban J connectivity index is 1.24. The summed E-state index contributed by atoms with van der Waals surface area (Å²) >= 11 is 1.49. The molecule has 1 aliphatic rings. The smallest absolute Gasteiger partial charge is 0.407 e. The zero-order valence-corrected chi connectivity index (χ0v) is 25.2. The Morgan fingerprint density at radius 3 is 1.73 bits per heavy atom. The number of alkyl carbamates (subject to hydrolysis) is 1. The lowest BCUT2D eigenvalue weighted by atomic mass is 9.84. The van der Waals surface area contributed by atoms with E-state index in [1.54, 1.807) is 0 Å². The average Bonchev–Trinajstić information content (AvgIpc) is 3.38. The maximum atomic E-state index is 13.1. The monoisotopic (exact) mass is 599 g/mol. The maximum absolute atomic E-state index is 13.1. The molecule has 5 aromatic carbocycles. The van der Waals surface area contributed by atoms with Crippen molar-refractivity contribution in [1.29, 1.82) is 0 Å². The Kier molecular flexibility index (Phi) is 8.53. The van der Waals surface area contributed by atoms with Gasteiger partial charge in [-0.05, 0) is 45.9 Å². The van der Waals surface area contributed by atoms with E-state index in [0.29, 0.717) is 0 Å². The molecule has 0 unspecified atom stereocenters. The second-order valence-electron chi connectivity index (χ2n) is 11.0. The number of benzene rings is 5. The number of hydrogen-bond donors (Lipinski definition) is 2. The number of rotatable bonds is 10. The highest BCUT2D eigenvalue weighted by Crippen LogP contribution is 2.49. The van der Waals surface area contributed by atoms with Crippen molar-refractivity contribution in [1.82, 2.24) is 5.32 Å². The molecule has 0 aliphatic heterocycles. The molecule has 0 aromatic heterocycles. The van der Waals surface area contributed by atoms with Crippen LogP contribution in [0.3, 0.4) is 0 Å². The fourth-order valence-corrected chi connectivity index (χ4v) is 7.60. The zero-order chi connectivity index (χ0) is 30.5. The molecule has 6 rings (SSSR count). The van der Waals surface area contributed by atoms with Crippen LogP contribution >= 0.6 is 11.8 Å². The molecular weight excluding hydrogens is 566 g/mol. The lowest BCUT2D eigenvalue weighted by Gasteiger charge is -2.36. The van der Waals surface area contributed by atoms with Crippen molar-refractivity contribution < 1.29 is 19.4 Å². The van der Waals surface area contributed by atoms with Gasteiger partial charge in [-0.3, -0.25) is 0 Å². The minimum atomic E-state index is -1.17. The SMILES string of the molecule is Cc1ccc(C(SC[C@@H](NC(=O)OCC2c3ccccc3-c3ccccc32)C(=O)O)(c2ccccc2)c2ccccc2)cc1. The number of fused-ring (bicyclic) bond motifs is 3. The van der Waals surface area contributed by atoms with Gasteiger partial charge in [0.1, 0.15) is 12.6 Å². The van der Waals surface area contributed by atoms with E-state index in [0.717, 1.165) is 44.5 Å². The minimum absolute atomic E-state index is 0.108. The lowest BCUT2D eigenvalue weighted by Crippen LogP contribution is -2.44. The van der Waals surface area contributed by atoms with Gasteiger partial charge in [0.2, 0.25) is 0 Å². The van der Waals surface area contributed by atoms with Crippen LogP contribution < -0.4 is 5.32 Å². The summed E-state index contributed by atoms with van der Waals surface area (Å²) in [5.74, 6) is -1.13. The van der Waals surface area contributed by atoms with Gasteiger partial charge in [-0.15, -0.1) is 11.8 Å². The molecule has 2 N–H and O–H groups in total. The number of aliphatic carboxylic acids is 1. The second kappa shape index (κ2) is 12.8. The van der Waals surface area contributed by atoms with Gasteiger partial charge in [-0.2, -0.15) is 0 Å². The van der Waals surface area contributed by atoms with Crippen molar-refractivity contribution in [2.45, 2.75) is 23.6 Å². The van der Waals surface area contributed by atoms with Crippen molar-refractivity contribution in [2.24, 2.45) is 0 Å². The normalized spacial score (nSPS) is 13.0. The molecule has 0 bridgehead atoms. The summed E-state index contributed by atoms with van der Waals surface area (Å²) < 4.78 is 4.98. The molecule has 1 amide bonds. The van der Waals surface area contributed by atoms with Crippen molar-refractivity contribution in [3.63, 3.8) is 0 Å². The number of amides is 1. The van der Waals surface area contributed by atoms with Crippen LogP contribution in [0.25, 0.3) is 11.1 Å². The topological polar surface area (TPSA) is 75.6 Å². The molecule has 5 aromatic rings. The van der Waals surface area contributed by atoms with E-state index in [1.165, 1.54) is 11.8 Å². The minimum Gasteiger partial charge on any atom is -0.480 e. The third-order valence-corrected chi connectivity index (χ3v) is 9.86. The molecule has 220 valence electrons. The summed E-state index contributed by atoms with van der Waals surface area (Å²) in [6, 6.07) is 43.5. The van der Waals surface area contributed by atoms with E-state index in [1.807, 2.05) is 67.6 Å². The molecule has 0 saturated heterocycles. The van der Waals surface area contributed by atoms with E-state index >= 15 is 0 Å². The van der Waals surface area contributed by atoms with Crippen LogP contribution in [0.2, 0.25) is 0 Å². The third-order valence-electron chi connectivity index (χ3n) is 8.22. The zero-order valence-electron chi connectivity index (χ0n) is 24.4. The second-order valence-corrected chi connectivity index (χ2v) is 12.2. The van der Waals surface area contributed by atoms with E-state index in [4.69, 9.17) is 4.74 Å². The first kappa shape index (κ1) is 29.3. The predicted molar refractivity (Wildman–Crippen MR) is 176 cm³/mol. The largest absolute Gasteiger partial charge is 0.480 e. The van der Waals surface area contributed by atoms with Gasteiger partial charge in [-0.1, -0.05) is 139 Å². The van der Waals surface area contributed by atoms with Crippen LogP contribution in [-0.2, 0) is 14.3 Å². The number of hydrogen-bond acceptors (Lipinski definition) is 4. The van der Waals surface area contributed by atoms with Gasteiger partial charge in [-0.25, -0.2) is 9.59 Å². The van der Waals surface area contributed by atoms with Crippen molar-refractivity contribution in [2.75, 3.05) is 12.4 Å². The molecule has 0 fully saturated rings. The molecule has 1 atom stereocenters. The molecule has 44 heavy (non-hydrogen) atoms. The van der Waals surface area contributed by atoms with Gasteiger partial charge in [0.05, 0.1) is 4.75 Å². The molecule has 0 spiro atoms. The highest BCUT2D eigenvalue weighted by molar-refractivity contribution is 8.00. The fraction of sp³-hybridized carbons (Fsp3) is 0.158. The number of carbonyl (C=O) groups is 2. The molecule has 1 aliphatic carbocycles. The van der Waals surface area contributed by atoms with Gasteiger partial charge in [0.15, 0.2) is 0 Å². The molecule has 0 heterocycles. The Labute approximate surface area is 261 Å². The standard InChI is InChI=1S/C38H33NO4S/c1-26-20-22-29(23-21-26)38(27-12-4-2-5-13-27,28-14-6-3-7-15-28)44-25-35(36(40)41)39-37(42)43-24-34-32-18-10-8-16-30(32)31-17-9-11-19-33(31)34/h2-23,34-35H,24-25H2,1H3,(H,39,42)(H,40,41)/t35-/m1/s1. The van der Waals surface area contributed by atoms with Gasteiger partial charge in [0, 0.05) is 11.7 Å². The highest BCUT2D eigenvalue weighted by atomic mass is 32.2. The number of carbonyl (C=O) groups excluding carboxylic acids is 1. The average molecular weight is 600 g/mol. The molecule has 5 nitrogen and oxygen atoms in total. The summed E-state index contributed by atoms with van der Waals surface area (Å²) in [5.41, 5.74) is 8.65. The number of aryl methyl sites for hydroxylation is 1. The van der Waals surface area contributed by atoms with E-state index in [2.05, 4.69) is 78.1 Å². The number of thioether (sulfide) groups is 1. The number of nitrogens with one attached hydrogen (secondary N) is 1. The van der Waals surface area contributed by atoms with Gasteiger partial charge in [0.25, 0.3) is 0 Å². The van der Waals surface area contributed by atoms with Crippen LogP contribution in [0.15, 0.2) is 133 Å². The molecule has 0 radical (unpaired) electrons. The van der Waals surface area contributed by atoms with Crippen molar-refractivity contribution in [3.8, 4) is 11.1 Å². The molecule has 6 heteroatoms. The van der Waals surface area contributed by atoms with Crippen LogP contribution in [0.4, 0.5) is 4.79 Å². The highest BCUT2D eigenvalue weighted by Gasteiger charge is 2.39. The van der Waals surface area contributed by atoms with E-state index < -0.39 is 22.9 Å². The quantitative estimate of drug-likeness (QED) is 0.159. The fourth-order valence-electron chi connectivity index (χ4n) is 6.05. The van der Waals surface area contributed by atoms with E-state index in [9.17, 15) is 14.7 Å². The van der Waals surface area contributed by atoms with Crippen LogP contribution in [-0.4, -0.2) is 35.6 Å². The summed E-state index contributed by atoms with van der Waals surface area (Å²) in [6.45, 7) is 2.16. The first-order chi connectivity index (χ1) is 21.5. The van der Waals surface area contributed by atoms with Crippen LogP contribution in [0, 0.1) is 6.92 Å². The summed E-state index contributed by atoms with van der Waals surface area (Å²) in [5, 5.41) is 12.9. The summed E-state index contributed by atoms with van der Waals surface area (Å²) in [7, 11) is 0. The van der Waals surface area contributed by atoms with E-state index in [-0.39, 0.29) is 18.3 Å². The first-order valence-electron chi connectivity index (χ1n) is 14.6. The van der Waals surface area contributed by atoms with Gasteiger partial charge >= 0.3 is 12.1 Å². The number of carboxylic acids is 1. The Hall–Kier alpha value is -4.81. The molecule has 0 saturated carbocycles. The lowest BCUT2D eigenvalue weighted by molar-refractivity contribution is -0.138. The van der Waals surface area contributed by atoms with Gasteiger partial charge < -0.3 is 15.2 Å². The Morgan fingerprint density at radius 1 is 0.727 bits per heavy atom. The summed E-state index contributed by atoms with van der Waals surface area (Å²) in [4.78, 5) is 25.6. The Morgan fingerprint density at radius 2 is 1.20 bits per heavy atom. The number of carboxylic acid groups (broad SMARTS) is 1. The maximum Gasteiger partial charge on any atom is 0.407 e. The van der Waals surface area contributed by atoms with Crippen molar-refractivity contribution >= 4 is 23.8 Å². The predicted octanol–water partition coefficient (Wildman–Crippen LogP) is 8.01. The third kappa shape index (κ3) is 5.73. The Bertz CT molecular complexity index is 1670.